The Balaban J connectivity index is 3.36. The zero-order valence-corrected chi connectivity index (χ0v) is 7.50. The summed E-state index contributed by atoms with van der Waals surface area (Å²) in [5.41, 5.74) is 5.43. The summed E-state index contributed by atoms with van der Waals surface area (Å²) in [4.78, 5) is 10.5. The van der Waals surface area contributed by atoms with Crippen molar-refractivity contribution in [3.05, 3.63) is 22.2 Å². The Bertz CT molecular complexity index is 338. The number of nitrogen functional groups attached to an aromatic ring is 1. The van der Waals surface area contributed by atoms with Crippen LogP contribution in [0.25, 0.3) is 0 Å². The molecule has 0 bridgehead atoms. The molecule has 12 heavy (non-hydrogen) atoms. The minimum Gasteiger partial charge on any atom is -0.506 e. The van der Waals surface area contributed by atoms with Gasteiger partial charge in [-0.15, -0.1) is 0 Å². The number of carboxylic acids is 1. The van der Waals surface area contributed by atoms with Crippen LogP contribution in [0.15, 0.2) is 16.6 Å². The van der Waals surface area contributed by atoms with E-state index in [-0.39, 0.29) is 21.5 Å². The molecule has 64 valence electrons. The van der Waals surface area contributed by atoms with E-state index in [1.165, 1.54) is 12.1 Å². The number of carbonyl (C=O) groups is 1. The quantitative estimate of drug-likeness (QED) is 0.505. The lowest BCUT2D eigenvalue weighted by Gasteiger charge is -2.03. The summed E-state index contributed by atoms with van der Waals surface area (Å²) >= 11 is 2.97. The Morgan fingerprint density at radius 2 is 2.08 bits per heavy atom. The number of aromatic hydroxyl groups is 1. The van der Waals surface area contributed by atoms with Crippen molar-refractivity contribution in [3.63, 3.8) is 0 Å². The number of rotatable bonds is 1. The smallest absolute Gasteiger partial charge is 0.336 e. The Hall–Kier alpha value is -1.23. The number of halogens is 1. The summed E-state index contributed by atoms with van der Waals surface area (Å²) < 4.78 is 0.204. The van der Waals surface area contributed by atoms with Gasteiger partial charge < -0.3 is 15.9 Å². The average molecular weight is 232 g/mol. The number of benzene rings is 1. The van der Waals surface area contributed by atoms with Crippen molar-refractivity contribution in [1.82, 2.24) is 0 Å². The molecule has 0 fully saturated rings. The van der Waals surface area contributed by atoms with Crippen molar-refractivity contribution >= 4 is 27.6 Å². The monoisotopic (exact) mass is 231 g/mol. The van der Waals surface area contributed by atoms with Crippen molar-refractivity contribution in [3.8, 4) is 5.75 Å². The zero-order chi connectivity index (χ0) is 9.30. The van der Waals surface area contributed by atoms with Gasteiger partial charge in [0.25, 0.3) is 0 Å². The predicted molar refractivity (Wildman–Crippen MR) is 47.2 cm³/mol. The predicted octanol–water partition coefficient (Wildman–Crippen LogP) is 1.44. The SMILES string of the molecule is Nc1c(O)ccc(C(=O)O)c1Br. The molecular weight excluding hydrogens is 226 g/mol. The van der Waals surface area contributed by atoms with Crippen LogP contribution < -0.4 is 5.73 Å². The van der Waals surface area contributed by atoms with Gasteiger partial charge in [-0.05, 0) is 28.1 Å². The molecule has 1 rings (SSSR count). The van der Waals surface area contributed by atoms with Crippen molar-refractivity contribution < 1.29 is 15.0 Å². The first-order valence-electron chi connectivity index (χ1n) is 3.04. The molecule has 0 saturated heterocycles. The van der Waals surface area contributed by atoms with Crippen LogP contribution in [0.2, 0.25) is 0 Å². The lowest BCUT2D eigenvalue weighted by atomic mass is 10.2. The van der Waals surface area contributed by atoms with Gasteiger partial charge in [0.15, 0.2) is 0 Å². The van der Waals surface area contributed by atoms with E-state index in [2.05, 4.69) is 15.9 Å². The van der Waals surface area contributed by atoms with Crippen LogP contribution in [0.1, 0.15) is 10.4 Å². The topological polar surface area (TPSA) is 83.5 Å². The summed E-state index contributed by atoms with van der Waals surface area (Å²) in [6.45, 7) is 0. The molecule has 4 N–H and O–H groups in total. The second-order valence-corrected chi connectivity index (χ2v) is 2.96. The molecule has 1 aromatic rings. The molecule has 0 aromatic heterocycles. The summed E-state index contributed by atoms with van der Waals surface area (Å²) in [7, 11) is 0. The third-order valence-electron chi connectivity index (χ3n) is 1.39. The fraction of sp³-hybridized carbons (Fsp3) is 0. The molecule has 5 heteroatoms. The van der Waals surface area contributed by atoms with Gasteiger partial charge in [0.1, 0.15) is 5.75 Å². The Labute approximate surface area is 76.8 Å². The summed E-state index contributed by atoms with van der Waals surface area (Å²) in [5.74, 6) is -1.22. The number of hydrogen-bond donors (Lipinski definition) is 3. The first kappa shape index (κ1) is 8.86. The third kappa shape index (κ3) is 1.35. The molecule has 4 nitrogen and oxygen atoms in total. The Morgan fingerprint density at radius 3 is 2.58 bits per heavy atom. The van der Waals surface area contributed by atoms with Gasteiger partial charge >= 0.3 is 5.97 Å². The highest BCUT2D eigenvalue weighted by molar-refractivity contribution is 9.10. The average Bonchev–Trinajstić information content (AvgIpc) is 2.00. The molecular formula is C7H6BrNO3. The maximum Gasteiger partial charge on any atom is 0.336 e. The van der Waals surface area contributed by atoms with Crippen LogP contribution >= 0.6 is 15.9 Å². The minimum atomic E-state index is -1.09. The Kier molecular flexibility index (Phi) is 2.23. The molecule has 0 spiro atoms. The number of aromatic carboxylic acids is 1. The van der Waals surface area contributed by atoms with E-state index in [4.69, 9.17) is 15.9 Å². The van der Waals surface area contributed by atoms with Crippen molar-refractivity contribution in [2.45, 2.75) is 0 Å². The molecule has 0 aliphatic rings. The molecule has 0 radical (unpaired) electrons. The van der Waals surface area contributed by atoms with Crippen molar-refractivity contribution in [2.75, 3.05) is 5.73 Å². The standard InChI is InChI=1S/C7H6BrNO3/c8-5-3(7(11)12)1-2-4(10)6(5)9/h1-2,10H,9H2,(H,11,12). The van der Waals surface area contributed by atoms with Crippen LogP contribution in [0.4, 0.5) is 5.69 Å². The lowest BCUT2D eigenvalue weighted by molar-refractivity contribution is 0.0696. The maximum absolute atomic E-state index is 10.5. The molecule has 0 heterocycles. The largest absolute Gasteiger partial charge is 0.506 e. The van der Waals surface area contributed by atoms with E-state index in [1.54, 1.807) is 0 Å². The summed E-state index contributed by atoms with van der Waals surface area (Å²) in [6.07, 6.45) is 0. The number of hydrogen-bond acceptors (Lipinski definition) is 3. The van der Waals surface area contributed by atoms with E-state index >= 15 is 0 Å². The van der Waals surface area contributed by atoms with Gasteiger partial charge in [-0.1, -0.05) is 0 Å². The van der Waals surface area contributed by atoms with Gasteiger partial charge in [0, 0.05) is 0 Å². The molecule has 0 amide bonds. The van der Waals surface area contributed by atoms with E-state index in [1.807, 2.05) is 0 Å². The fourth-order valence-electron chi connectivity index (χ4n) is 0.748. The van der Waals surface area contributed by atoms with Crippen LogP contribution in [0, 0.1) is 0 Å². The van der Waals surface area contributed by atoms with Crippen LogP contribution in [-0.4, -0.2) is 16.2 Å². The molecule has 1 aromatic carbocycles. The molecule has 0 atom stereocenters. The van der Waals surface area contributed by atoms with Crippen LogP contribution in [0.3, 0.4) is 0 Å². The summed E-state index contributed by atoms with van der Waals surface area (Å²) in [5, 5.41) is 17.7. The molecule has 0 unspecified atom stereocenters. The van der Waals surface area contributed by atoms with E-state index < -0.39 is 5.97 Å². The highest BCUT2D eigenvalue weighted by Gasteiger charge is 2.12. The van der Waals surface area contributed by atoms with Crippen LogP contribution in [0.5, 0.6) is 5.75 Å². The van der Waals surface area contributed by atoms with Crippen molar-refractivity contribution in [1.29, 1.82) is 0 Å². The number of anilines is 1. The molecule has 0 saturated carbocycles. The second kappa shape index (κ2) is 3.02. The third-order valence-corrected chi connectivity index (χ3v) is 2.24. The highest BCUT2D eigenvalue weighted by atomic mass is 79.9. The first-order chi connectivity index (χ1) is 5.54. The first-order valence-corrected chi connectivity index (χ1v) is 3.83. The number of carboxylic acid groups (broad SMARTS) is 1. The van der Waals surface area contributed by atoms with E-state index in [9.17, 15) is 4.79 Å². The second-order valence-electron chi connectivity index (χ2n) is 2.17. The fourth-order valence-corrected chi connectivity index (χ4v) is 1.25. The van der Waals surface area contributed by atoms with Gasteiger partial charge in [-0.25, -0.2) is 4.79 Å². The maximum atomic E-state index is 10.5. The normalized spacial score (nSPS) is 9.75. The lowest BCUT2D eigenvalue weighted by Crippen LogP contribution is -2.00. The van der Waals surface area contributed by atoms with Crippen molar-refractivity contribution in [2.24, 2.45) is 0 Å². The molecule has 0 aliphatic carbocycles. The van der Waals surface area contributed by atoms with Gasteiger partial charge in [0.2, 0.25) is 0 Å². The Morgan fingerprint density at radius 1 is 1.50 bits per heavy atom. The van der Waals surface area contributed by atoms with E-state index in [0.29, 0.717) is 0 Å². The highest BCUT2D eigenvalue weighted by Crippen LogP contribution is 2.31. The molecule has 0 aliphatic heterocycles. The zero-order valence-electron chi connectivity index (χ0n) is 5.91. The van der Waals surface area contributed by atoms with E-state index in [0.717, 1.165) is 0 Å². The van der Waals surface area contributed by atoms with Gasteiger partial charge in [-0.3, -0.25) is 0 Å². The van der Waals surface area contributed by atoms with Gasteiger partial charge in [-0.2, -0.15) is 0 Å². The number of nitrogens with two attached hydrogens (primary N) is 1. The van der Waals surface area contributed by atoms with Crippen LogP contribution in [-0.2, 0) is 0 Å². The minimum absolute atomic E-state index is 0.0327. The number of phenolic OH excluding ortho intramolecular Hbond substituents is 1. The number of phenols is 1. The summed E-state index contributed by atoms with van der Waals surface area (Å²) in [6, 6.07) is 2.52. The van der Waals surface area contributed by atoms with Gasteiger partial charge in [0.05, 0.1) is 15.7 Å².